The van der Waals surface area contributed by atoms with Gasteiger partial charge in [0.25, 0.3) is 5.56 Å². The fourth-order valence-corrected chi connectivity index (χ4v) is 4.62. The van der Waals surface area contributed by atoms with Gasteiger partial charge in [0.05, 0.1) is 6.33 Å². The number of pyridine rings is 2. The Morgan fingerprint density at radius 3 is 2.81 bits per heavy atom. The number of hydrogen-bond acceptors (Lipinski definition) is 4. The van der Waals surface area contributed by atoms with E-state index >= 15 is 0 Å². The van der Waals surface area contributed by atoms with Gasteiger partial charge in [0.1, 0.15) is 0 Å². The molecule has 1 fully saturated rings. The van der Waals surface area contributed by atoms with Gasteiger partial charge in [-0.25, -0.2) is 4.98 Å². The fraction of sp³-hybridized carbons (Fsp3) is 0.381. The van der Waals surface area contributed by atoms with Gasteiger partial charge in [-0.05, 0) is 30.0 Å². The van der Waals surface area contributed by atoms with Crippen LogP contribution in [-0.2, 0) is 13.1 Å². The summed E-state index contributed by atoms with van der Waals surface area (Å²) in [6.45, 7) is 4.90. The summed E-state index contributed by atoms with van der Waals surface area (Å²) in [6, 6.07) is 7.90. The van der Waals surface area contributed by atoms with Crippen molar-refractivity contribution in [2.45, 2.75) is 25.4 Å². The van der Waals surface area contributed by atoms with Crippen molar-refractivity contribution in [3.05, 3.63) is 71.4 Å². The highest BCUT2D eigenvalue weighted by Gasteiger charge is 2.34. The monoisotopic (exact) mass is 361 g/mol. The van der Waals surface area contributed by atoms with Crippen LogP contribution in [0.25, 0.3) is 11.1 Å². The number of piperidine rings is 1. The minimum atomic E-state index is 0.118. The van der Waals surface area contributed by atoms with Crippen molar-refractivity contribution in [3.63, 3.8) is 0 Å². The number of rotatable bonds is 4. The third-order valence-corrected chi connectivity index (χ3v) is 5.86. The van der Waals surface area contributed by atoms with Crippen LogP contribution in [0.4, 0.5) is 0 Å². The molecular weight excluding hydrogens is 338 g/mol. The second-order valence-corrected chi connectivity index (χ2v) is 7.72. The van der Waals surface area contributed by atoms with Gasteiger partial charge in [0.2, 0.25) is 0 Å². The first-order chi connectivity index (χ1) is 13.3. The summed E-state index contributed by atoms with van der Waals surface area (Å²) >= 11 is 0. The van der Waals surface area contributed by atoms with Gasteiger partial charge in [-0.2, -0.15) is 0 Å². The van der Waals surface area contributed by atoms with E-state index in [0.717, 1.165) is 43.9 Å². The van der Waals surface area contributed by atoms with Crippen molar-refractivity contribution in [1.29, 1.82) is 0 Å². The Balaban J connectivity index is 1.41. The van der Waals surface area contributed by atoms with Crippen LogP contribution in [0.5, 0.6) is 0 Å². The number of nitrogens with zero attached hydrogens (tertiary/aromatic N) is 5. The van der Waals surface area contributed by atoms with E-state index in [1.807, 2.05) is 41.6 Å². The molecule has 0 N–H and O–H groups in total. The molecule has 6 nitrogen and oxygen atoms in total. The van der Waals surface area contributed by atoms with Crippen LogP contribution < -0.4 is 5.56 Å². The van der Waals surface area contributed by atoms with Crippen LogP contribution in [0.1, 0.15) is 18.0 Å². The van der Waals surface area contributed by atoms with Crippen LogP contribution in [0.15, 0.2) is 60.2 Å². The molecular formula is C21H23N5O. The van der Waals surface area contributed by atoms with Crippen molar-refractivity contribution < 1.29 is 0 Å². The Morgan fingerprint density at radius 1 is 1.04 bits per heavy atom. The number of fused-ring (bicyclic) bond motifs is 4. The largest absolute Gasteiger partial charge is 0.336 e. The Hall–Kier alpha value is -2.73. The zero-order valence-corrected chi connectivity index (χ0v) is 15.2. The summed E-state index contributed by atoms with van der Waals surface area (Å²) in [5.74, 6) is 0.977. The second kappa shape index (κ2) is 6.78. The van der Waals surface area contributed by atoms with E-state index in [9.17, 15) is 4.79 Å². The van der Waals surface area contributed by atoms with Gasteiger partial charge < -0.3 is 14.0 Å². The molecule has 0 aliphatic carbocycles. The van der Waals surface area contributed by atoms with E-state index in [2.05, 4.69) is 25.5 Å². The van der Waals surface area contributed by atoms with Gasteiger partial charge in [-0.3, -0.25) is 9.78 Å². The molecule has 2 bridgehead atoms. The number of imidazole rings is 1. The third kappa shape index (κ3) is 3.21. The van der Waals surface area contributed by atoms with Crippen molar-refractivity contribution in [2.24, 2.45) is 5.92 Å². The highest BCUT2D eigenvalue weighted by atomic mass is 16.1. The maximum atomic E-state index is 12.8. The molecule has 1 saturated heterocycles. The number of hydrogen-bond donors (Lipinski definition) is 0. The van der Waals surface area contributed by atoms with Crippen LogP contribution in [0, 0.1) is 5.92 Å². The van der Waals surface area contributed by atoms with E-state index in [0.29, 0.717) is 11.8 Å². The number of likely N-dealkylation sites (tertiary alicyclic amines) is 1. The maximum Gasteiger partial charge on any atom is 0.251 e. The van der Waals surface area contributed by atoms with Crippen LogP contribution >= 0.6 is 0 Å². The molecule has 5 heterocycles. The summed E-state index contributed by atoms with van der Waals surface area (Å²) in [4.78, 5) is 23.6. The molecule has 0 saturated carbocycles. The summed E-state index contributed by atoms with van der Waals surface area (Å²) in [5.41, 5.74) is 3.29. The molecule has 27 heavy (non-hydrogen) atoms. The van der Waals surface area contributed by atoms with E-state index in [4.69, 9.17) is 0 Å². The van der Waals surface area contributed by atoms with Crippen molar-refractivity contribution in [2.75, 3.05) is 19.6 Å². The smallest absolute Gasteiger partial charge is 0.251 e. The average Bonchev–Trinajstić information content (AvgIpc) is 3.21. The summed E-state index contributed by atoms with van der Waals surface area (Å²) in [6.07, 6.45) is 10.5. The fourth-order valence-electron chi connectivity index (χ4n) is 4.62. The lowest BCUT2D eigenvalue weighted by atomic mass is 9.82. The molecule has 0 radical (unpaired) electrons. The topological polar surface area (TPSA) is 56.0 Å². The molecule has 3 aromatic rings. The zero-order valence-electron chi connectivity index (χ0n) is 15.2. The quantitative estimate of drug-likeness (QED) is 0.715. The highest BCUT2D eigenvalue weighted by Crippen LogP contribution is 2.36. The van der Waals surface area contributed by atoms with Crippen molar-refractivity contribution in [1.82, 2.24) is 24.0 Å². The van der Waals surface area contributed by atoms with Crippen molar-refractivity contribution >= 4 is 0 Å². The first-order valence-electron chi connectivity index (χ1n) is 9.59. The standard InChI is InChI=1S/C21H23N5O/c27-21-10-18(17-2-1-3-22-11-17)9-20-19-8-16(13-26(20)21)12-25(14-19)7-6-24-5-4-23-15-24/h1-5,9-11,15-16,19H,6-8,12-14H2/t16-,19+/m0/s1. The average molecular weight is 361 g/mol. The van der Waals surface area contributed by atoms with Gasteiger partial charge in [-0.15, -0.1) is 0 Å². The zero-order chi connectivity index (χ0) is 18.2. The van der Waals surface area contributed by atoms with Gasteiger partial charge in [-0.1, -0.05) is 6.07 Å². The first kappa shape index (κ1) is 16.4. The summed E-state index contributed by atoms with van der Waals surface area (Å²) < 4.78 is 4.13. The number of aromatic nitrogens is 4. The van der Waals surface area contributed by atoms with Gasteiger partial charge in [0, 0.05) is 80.8 Å². The van der Waals surface area contributed by atoms with Gasteiger partial charge >= 0.3 is 0 Å². The molecule has 138 valence electrons. The van der Waals surface area contributed by atoms with Crippen LogP contribution in [0.2, 0.25) is 0 Å². The second-order valence-electron chi connectivity index (χ2n) is 7.72. The predicted molar refractivity (Wildman–Crippen MR) is 103 cm³/mol. The van der Waals surface area contributed by atoms with E-state index in [1.165, 1.54) is 12.1 Å². The van der Waals surface area contributed by atoms with Crippen LogP contribution in [-0.4, -0.2) is 43.6 Å². The van der Waals surface area contributed by atoms with Crippen molar-refractivity contribution in [3.8, 4) is 11.1 Å². The predicted octanol–water partition coefficient (Wildman–Crippen LogP) is 2.23. The Bertz CT molecular complexity index is 980. The molecule has 5 rings (SSSR count). The van der Waals surface area contributed by atoms with E-state index in [-0.39, 0.29) is 5.56 Å². The molecule has 0 amide bonds. The Labute approximate surface area is 158 Å². The summed E-state index contributed by atoms with van der Waals surface area (Å²) in [5, 5.41) is 0. The van der Waals surface area contributed by atoms with E-state index < -0.39 is 0 Å². The maximum absolute atomic E-state index is 12.8. The molecule has 2 atom stereocenters. The highest BCUT2D eigenvalue weighted by molar-refractivity contribution is 5.62. The lowest BCUT2D eigenvalue weighted by Gasteiger charge is -2.43. The normalized spacial score (nSPS) is 21.8. The Morgan fingerprint density at radius 2 is 2.00 bits per heavy atom. The summed E-state index contributed by atoms with van der Waals surface area (Å²) in [7, 11) is 0. The van der Waals surface area contributed by atoms with Crippen LogP contribution in [0.3, 0.4) is 0 Å². The first-order valence-corrected chi connectivity index (χ1v) is 9.59. The molecule has 6 heteroatoms. The SMILES string of the molecule is O=c1cc(-c2cccnc2)cc2n1C[C@H]1C[C@@H]2CN(CCn2ccnc2)C1. The lowest BCUT2D eigenvalue weighted by Crippen LogP contribution is -2.47. The Kier molecular flexibility index (Phi) is 4.13. The molecule has 0 aromatic carbocycles. The lowest BCUT2D eigenvalue weighted by molar-refractivity contribution is 0.117. The molecule has 0 unspecified atom stereocenters. The van der Waals surface area contributed by atoms with Gasteiger partial charge in [0.15, 0.2) is 0 Å². The molecule has 0 spiro atoms. The molecule has 2 aliphatic heterocycles. The molecule has 2 aliphatic rings. The van der Waals surface area contributed by atoms with E-state index in [1.54, 1.807) is 12.3 Å². The minimum absolute atomic E-state index is 0.118. The third-order valence-electron chi connectivity index (χ3n) is 5.86. The minimum Gasteiger partial charge on any atom is -0.336 e. The molecule has 3 aromatic heterocycles.